The molecular weight excluding hydrogens is 338 g/mol. The summed E-state index contributed by atoms with van der Waals surface area (Å²) in [6, 6.07) is 7.97. The first-order chi connectivity index (χ1) is 13.1. The van der Waals surface area contributed by atoms with Gasteiger partial charge in [0.2, 0.25) is 5.91 Å². The maximum Gasteiger partial charge on any atom is 0.313 e. The SMILES string of the molecule is C=C1CC2COC(=O)C2(Cc2ccc(NC(=O)C3CCCCCC3)cc2)C1. The van der Waals surface area contributed by atoms with Crippen LogP contribution >= 0.6 is 0 Å². The number of ether oxygens (including phenoxy) is 1. The van der Waals surface area contributed by atoms with Crippen LogP contribution < -0.4 is 5.32 Å². The van der Waals surface area contributed by atoms with Crippen LogP contribution in [0.25, 0.3) is 0 Å². The lowest BCUT2D eigenvalue weighted by atomic mass is 9.75. The standard InChI is InChI=1S/C23H29NO3/c1-16-12-19-15-27-22(26)23(19,13-16)14-17-8-10-20(11-9-17)24-21(25)18-6-4-2-3-5-7-18/h8-11,18-19H,1-7,12-15H2,(H,24,25). The van der Waals surface area contributed by atoms with E-state index in [1.165, 1.54) is 12.8 Å². The number of rotatable bonds is 4. The third kappa shape index (κ3) is 3.67. The summed E-state index contributed by atoms with van der Waals surface area (Å²) < 4.78 is 5.36. The van der Waals surface area contributed by atoms with Crippen molar-refractivity contribution in [3.05, 3.63) is 42.0 Å². The molecule has 144 valence electrons. The first-order valence-corrected chi connectivity index (χ1v) is 10.3. The van der Waals surface area contributed by atoms with Gasteiger partial charge >= 0.3 is 5.97 Å². The molecule has 2 unspecified atom stereocenters. The highest BCUT2D eigenvalue weighted by Gasteiger charge is 2.55. The Kier molecular flexibility index (Phi) is 5.07. The molecule has 3 fully saturated rings. The maximum atomic E-state index is 12.5. The van der Waals surface area contributed by atoms with E-state index < -0.39 is 5.41 Å². The Morgan fingerprint density at radius 3 is 2.56 bits per heavy atom. The van der Waals surface area contributed by atoms with Crippen LogP contribution in [0, 0.1) is 17.3 Å². The number of benzene rings is 1. The molecule has 4 rings (SSSR count). The summed E-state index contributed by atoms with van der Waals surface area (Å²) in [7, 11) is 0. The summed E-state index contributed by atoms with van der Waals surface area (Å²) in [6.07, 6.45) is 9.11. The number of carbonyl (C=O) groups excluding carboxylic acids is 2. The predicted molar refractivity (Wildman–Crippen MR) is 105 cm³/mol. The number of nitrogens with one attached hydrogen (secondary N) is 1. The zero-order valence-corrected chi connectivity index (χ0v) is 16.0. The molecule has 1 aliphatic heterocycles. The Bertz CT molecular complexity index is 730. The number of amides is 1. The number of hydrogen-bond acceptors (Lipinski definition) is 3. The molecule has 0 radical (unpaired) electrons. The van der Waals surface area contributed by atoms with Crippen molar-refractivity contribution in [1.29, 1.82) is 0 Å². The van der Waals surface area contributed by atoms with Gasteiger partial charge in [0.15, 0.2) is 0 Å². The fraction of sp³-hybridized carbons (Fsp3) is 0.565. The lowest BCUT2D eigenvalue weighted by Crippen LogP contribution is -2.31. The lowest BCUT2D eigenvalue weighted by molar-refractivity contribution is -0.146. The van der Waals surface area contributed by atoms with Crippen molar-refractivity contribution < 1.29 is 14.3 Å². The molecule has 1 heterocycles. The van der Waals surface area contributed by atoms with Crippen LogP contribution in [-0.4, -0.2) is 18.5 Å². The van der Waals surface area contributed by atoms with Crippen LogP contribution in [0.1, 0.15) is 56.9 Å². The molecule has 1 amide bonds. The molecule has 2 saturated carbocycles. The molecule has 2 aliphatic carbocycles. The Morgan fingerprint density at radius 2 is 1.85 bits per heavy atom. The van der Waals surface area contributed by atoms with Crippen molar-refractivity contribution in [2.75, 3.05) is 11.9 Å². The second-order valence-corrected chi connectivity index (χ2v) is 8.63. The fourth-order valence-corrected chi connectivity index (χ4v) is 5.12. The predicted octanol–water partition coefficient (Wildman–Crippen LogP) is 4.65. The zero-order chi connectivity index (χ0) is 18.9. The molecule has 0 aromatic heterocycles. The van der Waals surface area contributed by atoms with Crippen molar-refractivity contribution in [2.24, 2.45) is 17.3 Å². The van der Waals surface area contributed by atoms with E-state index in [-0.39, 0.29) is 23.7 Å². The second kappa shape index (κ2) is 7.49. The minimum absolute atomic E-state index is 0.0723. The molecule has 4 heteroatoms. The van der Waals surface area contributed by atoms with Crippen molar-refractivity contribution in [2.45, 2.75) is 57.8 Å². The number of allylic oxidation sites excluding steroid dienone is 1. The van der Waals surface area contributed by atoms with Crippen molar-refractivity contribution in [3.63, 3.8) is 0 Å². The van der Waals surface area contributed by atoms with Gasteiger partial charge in [0, 0.05) is 17.5 Å². The third-order valence-corrected chi connectivity index (χ3v) is 6.67. The van der Waals surface area contributed by atoms with Crippen LogP contribution in [0.15, 0.2) is 36.4 Å². The van der Waals surface area contributed by atoms with Gasteiger partial charge in [-0.25, -0.2) is 0 Å². The van der Waals surface area contributed by atoms with Crippen LogP contribution in [0.3, 0.4) is 0 Å². The van der Waals surface area contributed by atoms with E-state index in [1.54, 1.807) is 0 Å². The summed E-state index contributed by atoms with van der Waals surface area (Å²) in [6.45, 7) is 4.62. The van der Waals surface area contributed by atoms with Crippen molar-refractivity contribution in [1.82, 2.24) is 0 Å². The first-order valence-electron chi connectivity index (χ1n) is 10.3. The smallest absolute Gasteiger partial charge is 0.313 e. The highest BCUT2D eigenvalue weighted by Crippen LogP contribution is 2.52. The van der Waals surface area contributed by atoms with E-state index >= 15 is 0 Å². The molecule has 27 heavy (non-hydrogen) atoms. The fourth-order valence-electron chi connectivity index (χ4n) is 5.12. The topological polar surface area (TPSA) is 55.4 Å². The number of fused-ring (bicyclic) bond motifs is 1. The van der Waals surface area contributed by atoms with Gasteiger partial charge in [0.05, 0.1) is 12.0 Å². The van der Waals surface area contributed by atoms with E-state index in [2.05, 4.69) is 11.9 Å². The van der Waals surface area contributed by atoms with E-state index in [4.69, 9.17) is 4.74 Å². The average molecular weight is 367 g/mol. The number of hydrogen-bond donors (Lipinski definition) is 1. The molecule has 1 aromatic carbocycles. The second-order valence-electron chi connectivity index (χ2n) is 8.63. The monoisotopic (exact) mass is 367 g/mol. The van der Waals surface area contributed by atoms with E-state index in [9.17, 15) is 9.59 Å². The van der Waals surface area contributed by atoms with E-state index in [0.29, 0.717) is 13.0 Å². The highest BCUT2D eigenvalue weighted by atomic mass is 16.5. The molecule has 1 aromatic rings. The van der Waals surface area contributed by atoms with Crippen molar-refractivity contribution >= 4 is 17.6 Å². The normalized spacial score (nSPS) is 28.5. The van der Waals surface area contributed by atoms with E-state index in [1.807, 2.05) is 24.3 Å². The molecular formula is C23H29NO3. The first kappa shape index (κ1) is 18.3. The minimum Gasteiger partial charge on any atom is -0.465 e. The quantitative estimate of drug-likeness (QED) is 0.479. The lowest BCUT2D eigenvalue weighted by Gasteiger charge is -2.24. The largest absolute Gasteiger partial charge is 0.465 e. The summed E-state index contributed by atoms with van der Waals surface area (Å²) in [5, 5.41) is 3.08. The van der Waals surface area contributed by atoms with Gasteiger partial charge in [-0.3, -0.25) is 9.59 Å². The Morgan fingerprint density at radius 1 is 1.15 bits per heavy atom. The average Bonchev–Trinajstić information content (AvgIpc) is 2.98. The van der Waals surface area contributed by atoms with Gasteiger partial charge in [0.1, 0.15) is 0 Å². The number of carbonyl (C=O) groups is 2. The summed E-state index contributed by atoms with van der Waals surface area (Å²) >= 11 is 0. The molecule has 2 atom stereocenters. The van der Waals surface area contributed by atoms with Gasteiger partial charge in [0.25, 0.3) is 0 Å². The zero-order valence-electron chi connectivity index (χ0n) is 16.0. The number of anilines is 1. The minimum atomic E-state index is -0.428. The highest BCUT2D eigenvalue weighted by molar-refractivity contribution is 5.92. The van der Waals surface area contributed by atoms with Gasteiger partial charge in [-0.1, -0.05) is 50.0 Å². The van der Waals surface area contributed by atoms with Gasteiger partial charge in [-0.15, -0.1) is 0 Å². The summed E-state index contributed by atoms with van der Waals surface area (Å²) in [5.41, 5.74) is 2.68. The van der Waals surface area contributed by atoms with Crippen LogP contribution in [0.4, 0.5) is 5.69 Å². The number of esters is 1. The summed E-state index contributed by atoms with van der Waals surface area (Å²) in [4.78, 5) is 25.0. The van der Waals surface area contributed by atoms with Crippen LogP contribution in [0.2, 0.25) is 0 Å². The van der Waals surface area contributed by atoms with Crippen LogP contribution in [0.5, 0.6) is 0 Å². The van der Waals surface area contributed by atoms with E-state index in [0.717, 1.165) is 55.3 Å². The van der Waals surface area contributed by atoms with Gasteiger partial charge in [-0.2, -0.15) is 0 Å². The molecule has 0 spiro atoms. The van der Waals surface area contributed by atoms with Crippen molar-refractivity contribution in [3.8, 4) is 0 Å². The Labute approximate surface area is 161 Å². The third-order valence-electron chi connectivity index (χ3n) is 6.67. The van der Waals surface area contributed by atoms with Gasteiger partial charge in [-0.05, 0) is 49.8 Å². The molecule has 1 N–H and O–H groups in total. The molecule has 3 aliphatic rings. The Balaban J connectivity index is 1.41. The molecule has 0 bridgehead atoms. The van der Waals surface area contributed by atoms with Crippen LogP contribution in [-0.2, 0) is 20.7 Å². The van der Waals surface area contributed by atoms with Gasteiger partial charge < -0.3 is 10.1 Å². The Hall–Kier alpha value is -2.10. The molecule has 1 saturated heterocycles. The number of cyclic esters (lactones) is 1. The summed E-state index contributed by atoms with van der Waals surface area (Å²) in [5.74, 6) is 0.475. The molecule has 4 nitrogen and oxygen atoms in total. The maximum absolute atomic E-state index is 12.5.